The molecule has 0 heterocycles. The summed E-state index contributed by atoms with van der Waals surface area (Å²) >= 11 is 0. The summed E-state index contributed by atoms with van der Waals surface area (Å²) in [6.45, 7) is 4.55. The molecule has 0 aliphatic heterocycles. The van der Waals surface area contributed by atoms with E-state index in [1.807, 2.05) is 0 Å². The van der Waals surface area contributed by atoms with Crippen molar-refractivity contribution in [1.82, 2.24) is 0 Å². The minimum atomic E-state index is 0.674. The van der Waals surface area contributed by atoms with Crippen LogP contribution >= 0.6 is 0 Å². The molecule has 1 saturated carbocycles. The van der Waals surface area contributed by atoms with Crippen molar-refractivity contribution in [1.29, 1.82) is 0 Å². The average Bonchev–Trinajstić information content (AvgIpc) is 2.64. The van der Waals surface area contributed by atoms with Gasteiger partial charge in [0.25, 0.3) is 0 Å². The van der Waals surface area contributed by atoms with Crippen LogP contribution in [0.15, 0.2) is 61.2 Å². The second-order valence-corrected chi connectivity index (χ2v) is 6.99. The van der Waals surface area contributed by atoms with Crippen molar-refractivity contribution in [2.24, 2.45) is 5.92 Å². The third-order valence-corrected chi connectivity index (χ3v) is 5.33. The first-order chi connectivity index (χ1) is 11.8. The molecule has 2 aromatic rings. The zero-order valence-corrected chi connectivity index (χ0v) is 14.7. The van der Waals surface area contributed by atoms with Crippen molar-refractivity contribution < 1.29 is 4.74 Å². The van der Waals surface area contributed by atoms with Gasteiger partial charge in [0.05, 0.1) is 6.61 Å². The van der Waals surface area contributed by atoms with E-state index in [-0.39, 0.29) is 0 Å². The Kier molecular flexibility index (Phi) is 5.87. The van der Waals surface area contributed by atoms with Crippen LogP contribution in [0.3, 0.4) is 0 Å². The van der Waals surface area contributed by atoms with Crippen molar-refractivity contribution in [3.05, 3.63) is 72.3 Å². The van der Waals surface area contributed by atoms with Gasteiger partial charge in [0.1, 0.15) is 0 Å². The zero-order chi connectivity index (χ0) is 16.8. The van der Waals surface area contributed by atoms with Crippen LogP contribution < -0.4 is 0 Å². The number of hydrogen-bond donors (Lipinski definition) is 0. The van der Waals surface area contributed by atoms with E-state index in [0.717, 1.165) is 11.8 Å². The molecule has 0 spiro atoms. The van der Waals surface area contributed by atoms with Gasteiger partial charge < -0.3 is 4.74 Å². The van der Waals surface area contributed by atoms with Crippen LogP contribution in [0.4, 0.5) is 0 Å². The van der Waals surface area contributed by atoms with E-state index < -0.39 is 0 Å². The van der Waals surface area contributed by atoms with Crippen molar-refractivity contribution in [3.63, 3.8) is 0 Å². The minimum Gasteiger partial charge on any atom is -0.380 e. The van der Waals surface area contributed by atoms with Gasteiger partial charge in [-0.15, -0.1) is 6.58 Å². The van der Waals surface area contributed by atoms with Gasteiger partial charge in [-0.2, -0.15) is 0 Å². The number of rotatable bonds is 6. The molecule has 1 aliphatic rings. The highest BCUT2D eigenvalue weighted by atomic mass is 16.5. The van der Waals surface area contributed by atoms with E-state index in [0.29, 0.717) is 6.61 Å². The SMILES string of the molecule is C=CC[C@H]1CC[C@H](c2ccc(-c3ccc(COC)cc3)cc2)CC1. The van der Waals surface area contributed by atoms with Gasteiger partial charge in [-0.1, -0.05) is 54.6 Å². The molecular formula is C23H28O. The van der Waals surface area contributed by atoms with Gasteiger partial charge in [0.2, 0.25) is 0 Å². The molecule has 0 unspecified atom stereocenters. The normalized spacial score (nSPS) is 20.7. The number of hydrogen-bond acceptors (Lipinski definition) is 1. The predicted molar refractivity (Wildman–Crippen MR) is 102 cm³/mol. The summed E-state index contributed by atoms with van der Waals surface area (Å²) in [5.41, 5.74) is 5.29. The number of benzene rings is 2. The van der Waals surface area contributed by atoms with Crippen molar-refractivity contribution in [3.8, 4) is 11.1 Å². The summed E-state index contributed by atoms with van der Waals surface area (Å²) in [6.07, 6.45) is 8.61. The van der Waals surface area contributed by atoms with Gasteiger partial charge in [-0.25, -0.2) is 0 Å². The lowest BCUT2D eigenvalue weighted by molar-refractivity contribution is 0.185. The Bertz CT molecular complexity index is 631. The summed E-state index contributed by atoms with van der Waals surface area (Å²) in [5, 5.41) is 0. The van der Waals surface area contributed by atoms with Crippen LogP contribution in [0.5, 0.6) is 0 Å². The van der Waals surface area contributed by atoms with E-state index in [1.54, 1.807) is 7.11 Å². The minimum absolute atomic E-state index is 0.674. The van der Waals surface area contributed by atoms with E-state index in [4.69, 9.17) is 4.74 Å². The lowest BCUT2D eigenvalue weighted by Crippen LogP contribution is -2.12. The highest BCUT2D eigenvalue weighted by Gasteiger charge is 2.21. The third kappa shape index (κ3) is 4.15. The molecule has 24 heavy (non-hydrogen) atoms. The molecule has 0 radical (unpaired) electrons. The first kappa shape index (κ1) is 17.0. The molecule has 3 rings (SSSR count). The Balaban J connectivity index is 1.64. The van der Waals surface area contributed by atoms with Gasteiger partial charge in [0, 0.05) is 7.11 Å². The molecule has 126 valence electrons. The molecule has 0 saturated heterocycles. The van der Waals surface area contributed by atoms with Crippen molar-refractivity contribution in [2.45, 2.75) is 44.6 Å². The molecule has 1 nitrogen and oxygen atoms in total. The number of methoxy groups -OCH3 is 1. The van der Waals surface area contributed by atoms with Gasteiger partial charge in [-0.05, 0) is 66.2 Å². The zero-order valence-electron chi connectivity index (χ0n) is 14.7. The standard InChI is InChI=1S/C23H28O/c1-3-4-18-5-9-20(10-6-18)22-13-15-23(16-14-22)21-11-7-19(8-12-21)17-24-2/h3,7-8,11-16,18,20H,1,4-6,9-10,17H2,2H3/t18-,20-. The van der Waals surface area contributed by atoms with Crippen LogP contribution in [-0.4, -0.2) is 7.11 Å². The Morgan fingerprint density at radius 1 is 0.917 bits per heavy atom. The second kappa shape index (κ2) is 8.30. The van der Waals surface area contributed by atoms with Crippen LogP contribution in [0.1, 0.15) is 49.1 Å². The Labute approximate surface area is 146 Å². The topological polar surface area (TPSA) is 9.23 Å². The third-order valence-electron chi connectivity index (χ3n) is 5.33. The fourth-order valence-electron chi connectivity index (χ4n) is 3.88. The quantitative estimate of drug-likeness (QED) is 0.563. The van der Waals surface area contributed by atoms with Gasteiger partial charge in [0.15, 0.2) is 0 Å². The van der Waals surface area contributed by atoms with Crippen molar-refractivity contribution in [2.75, 3.05) is 7.11 Å². The van der Waals surface area contributed by atoms with E-state index >= 15 is 0 Å². The molecule has 0 amide bonds. The molecule has 2 aromatic carbocycles. The van der Waals surface area contributed by atoms with Crippen LogP contribution in [-0.2, 0) is 11.3 Å². The highest BCUT2D eigenvalue weighted by molar-refractivity contribution is 5.64. The Hall–Kier alpha value is -1.86. The summed E-state index contributed by atoms with van der Waals surface area (Å²) in [7, 11) is 1.73. The molecular weight excluding hydrogens is 292 g/mol. The molecule has 0 bridgehead atoms. The number of ether oxygens (including phenoxy) is 1. The van der Waals surface area contributed by atoms with Crippen molar-refractivity contribution >= 4 is 0 Å². The summed E-state index contributed by atoms with van der Waals surface area (Å²) in [6, 6.07) is 17.9. The largest absolute Gasteiger partial charge is 0.380 e. The summed E-state index contributed by atoms with van der Waals surface area (Å²) in [5.74, 6) is 1.60. The lowest BCUT2D eigenvalue weighted by atomic mass is 9.77. The summed E-state index contributed by atoms with van der Waals surface area (Å²) in [4.78, 5) is 0. The molecule has 0 atom stereocenters. The van der Waals surface area contributed by atoms with E-state index in [1.165, 1.54) is 54.4 Å². The van der Waals surface area contributed by atoms with Gasteiger partial charge >= 0.3 is 0 Å². The first-order valence-electron chi connectivity index (χ1n) is 9.09. The average molecular weight is 320 g/mol. The monoisotopic (exact) mass is 320 g/mol. The van der Waals surface area contributed by atoms with E-state index in [9.17, 15) is 0 Å². The molecule has 0 aromatic heterocycles. The smallest absolute Gasteiger partial charge is 0.0713 e. The Morgan fingerprint density at radius 2 is 1.50 bits per heavy atom. The van der Waals surface area contributed by atoms with Gasteiger partial charge in [-0.3, -0.25) is 0 Å². The molecule has 1 heteroatoms. The first-order valence-corrected chi connectivity index (χ1v) is 9.09. The second-order valence-electron chi connectivity index (χ2n) is 6.99. The maximum atomic E-state index is 5.17. The van der Waals surface area contributed by atoms with E-state index in [2.05, 4.69) is 61.2 Å². The predicted octanol–water partition coefficient (Wildman–Crippen LogP) is 6.35. The fraction of sp³-hybridized carbons (Fsp3) is 0.391. The molecule has 0 N–H and O–H groups in total. The van der Waals surface area contributed by atoms with Crippen LogP contribution in [0.2, 0.25) is 0 Å². The maximum Gasteiger partial charge on any atom is 0.0713 e. The fourth-order valence-corrected chi connectivity index (χ4v) is 3.88. The van der Waals surface area contributed by atoms with Crippen LogP contribution in [0, 0.1) is 5.92 Å². The lowest BCUT2D eigenvalue weighted by Gasteiger charge is -2.28. The molecule has 1 aliphatic carbocycles. The number of allylic oxidation sites excluding steroid dienone is 1. The summed E-state index contributed by atoms with van der Waals surface area (Å²) < 4.78 is 5.17. The van der Waals surface area contributed by atoms with Crippen LogP contribution in [0.25, 0.3) is 11.1 Å². The molecule has 1 fully saturated rings. The maximum absolute atomic E-state index is 5.17. The highest BCUT2D eigenvalue weighted by Crippen LogP contribution is 2.37. The Morgan fingerprint density at radius 3 is 2.04 bits per heavy atom.